The van der Waals surface area contributed by atoms with Gasteiger partial charge in [0.15, 0.2) is 5.82 Å². The van der Waals surface area contributed by atoms with E-state index in [1.807, 2.05) is 0 Å². The summed E-state index contributed by atoms with van der Waals surface area (Å²) in [6.07, 6.45) is 8.04. The van der Waals surface area contributed by atoms with E-state index in [1.165, 1.54) is 51.6 Å². The number of hydrogen-bond donors (Lipinski definition) is 0. The van der Waals surface area contributed by atoms with Gasteiger partial charge < -0.3 is 9.42 Å². The highest BCUT2D eigenvalue weighted by molar-refractivity contribution is 5.27. The van der Waals surface area contributed by atoms with Crippen molar-refractivity contribution in [3.05, 3.63) is 5.82 Å². The van der Waals surface area contributed by atoms with Crippen LogP contribution in [-0.2, 0) is 0 Å². The van der Waals surface area contributed by atoms with Gasteiger partial charge in [0.05, 0.1) is 0 Å². The molecule has 2 aliphatic heterocycles. The van der Waals surface area contributed by atoms with Gasteiger partial charge in [-0.2, -0.15) is 4.98 Å². The summed E-state index contributed by atoms with van der Waals surface area (Å²) < 4.78 is 5.47. The van der Waals surface area contributed by atoms with Gasteiger partial charge in [-0.25, -0.2) is 0 Å². The minimum atomic E-state index is 0.327. The first kappa shape index (κ1) is 14.8. The second kappa shape index (κ2) is 6.77. The molecule has 2 fully saturated rings. The smallest absolute Gasteiger partial charge is 0.323 e. The molecule has 0 N–H and O–H groups in total. The van der Waals surface area contributed by atoms with Crippen molar-refractivity contribution in [1.82, 2.24) is 15.0 Å². The zero-order chi connectivity index (χ0) is 14.7. The number of hydrogen-bond acceptors (Lipinski definition) is 5. The summed E-state index contributed by atoms with van der Waals surface area (Å²) in [7, 11) is 0. The molecule has 118 valence electrons. The Kier molecular flexibility index (Phi) is 4.78. The number of anilines is 1. The molecule has 1 unspecified atom stereocenters. The van der Waals surface area contributed by atoms with E-state index in [1.54, 1.807) is 0 Å². The van der Waals surface area contributed by atoms with Crippen molar-refractivity contribution < 1.29 is 4.52 Å². The maximum Gasteiger partial charge on any atom is 0.324 e. The van der Waals surface area contributed by atoms with Gasteiger partial charge in [0, 0.05) is 25.0 Å². The maximum atomic E-state index is 5.47. The Labute approximate surface area is 127 Å². The van der Waals surface area contributed by atoms with E-state index in [9.17, 15) is 0 Å². The van der Waals surface area contributed by atoms with Gasteiger partial charge >= 0.3 is 6.01 Å². The quantitative estimate of drug-likeness (QED) is 0.857. The van der Waals surface area contributed by atoms with E-state index in [-0.39, 0.29) is 0 Å². The van der Waals surface area contributed by atoms with Crippen molar-refractivity contribution in [3.8, 4) is 0 Å². The highest BCUT2D eigenvalue weighted by Crippen LogP contribution is 2.24. The number of aromatic nitrogens is 2. The van der Waals surface area contributed by atoms with Crippen LogP contribution < -0.4 is 4.90 Å². The summed E-state index contributed by atoms with van der Waals surface area (Å²) in [6.45, 7) is 8.82. The number of likely N-dealkylation sites (tertiary alicyclic amines) is 1. The number of nitrogens with zero attached hydrogens (tertiary/aromatic N) is 4. The molecule has 2 saturated heterocycles. The second-order valence-corrected chi connectivity index (χ2v) is 6.78. The third-order valence-electron chi connectivity index (χ3n) is 4.77. The van der Waals surface area contributed by atoms with Crippen LogP contribution in [0.4, 0.5) is 6.01 Å². The third kappa shape index (κ3) is 3.57. The molecule has 0 aromatic carbocycles. The zero-order valence-electron chi connectivity index (χ0n) is 13.4. The molecule has 0 radical (unpaired) electrons. The topological polar surface area (TPSA) is 45.4 Å². The van der Waals surface area contributed by atoms with Gasteiger partial charge in [-0.05, 0) is 38.8 Å². The Bertz CT molecular complexity index is 437. The van der Waals surface area contributed by atoms with Crippen LogP contribution in [0.2, 0.25) is 0 Å². The molecule has 5 heteroatoms. The molecule has 3 rings (SSSR count). The fourth-order valence-electron chi connectivity index (χ4n) is 3.48. The third-order valence-corrected chi connectivity index (χ3v) is 4.77. The molecule has 21 heavy (non-hydrogen) atoms. The number of rotatable bonds is 3. The largest absolute Gasteiger partial charge is 0.324 e. The van der Waals surface area contributed by atoms with Crippen LogP contribution in [0.5, 0.6) is 0 Å². The first-order chi connectivity index (χ1) is 10.2. The highest BCUT2D eigenvalue weighted by Gasteiger charge is 2.28. The summed E-state index contributed by atoms with van der Waals surface area (Å²) in [4.78, 5) is 9.54. The molecule has 0 amide bonds. The van der Waals surface area contributed by atoms with Crippen LogP contribution in [0.3, 0.4) is 0 Å². The lowest BCUT2D eigenvalue weighted by Crippen LogP contribution is -2.48. The van der Waals surface area contributed by atoms with Gasteiger partial charge in [0.2, 0.25) is 0 Å². The van der Waals surface area contributed by atoms with E-state index in [0.717, 1.165) is 24.9 Å². The average molecular weight is 292 g/mol. The molecule has 5 nitrogen and oxygen atoms in total. The molecule has 0 bridgehead atoms. The molecule has 0 spiro atoms. The molecular weight excluding hydrogens is 264 g/mol. The minimum absolute atomic E-state index is 0.327. The van der Waals surface area contributed by atoms with E-state index >= 15 is 0 Å². The minimum Gasteiger partial charge on any atom is -0.323 e. The first-order valence-corrected chi connectivity index (χ1v) is 8.56. The highest BCUT2D eigenvalue weighted by atomic mass is 16.5. The summed E-state index contributed by atoms with van der Waals surface area (Å²) in [5.41, 5.74) is 0. The van der Waals surface area contributed by atoms with Gasteiger partial charge in [0.1, 0.15) is 0 Å². The molecule has 0 aliphatic carbocycles. The molecule has 3 heterocycles. The fraction of sp³-hybridized carbons (Fsp3) is 0.875. The summed E-state index contributed by atoms with van der Waals surface area (Å²) in [6, 6.07) is 1.38. The Morgan fingerprint density at radius 3 is 2.48 bits per heavy atom. The van der Waals surface area contributed by atoms with Gasteiger partial charge in [-0.1, -0.05) is 31.8 Å². The van der Waals surface area contributed by atoms with Crippen LogP contribution in [0, 0.1) is 0 Å². The SMILES string of the molecule is CC(C)c1noc(N2CCCC(N3CCCCCC3)C2)n1. The van der Waals surface area contributed by atoms with E-state index in [0.29, 0.717) is 12.0 Å². The van der Waals surface area contributed by atoms with Crippen molar-refractivity contribution in [2.24, 2.45) is 0 Å². The predicted molar refractivity (Wildman–Crippen MR) is 83.7 cm³/mol. The summed E-state index contributed by atoms with van der Waals surface area (Å²) >= 11 is 0. The van der Waals surface area contributed by atoms with Gasteiger partial charge in [0.25, 0.3) is 0 Å². The van der Waals surface area contributed by atoms with Crippen molar-refractivity contribution >= 4 is 6.01 Å². The lowest BCUT2D eigenvalue weighted by molar-refractivity contribution is 0.179. The van der Waals surface area contributed by atoms with Crippen LogP contribution in [-0.4, -0.2) is 47.3 Å². The molecular formula is C16H28N4O. The molecule has 1 aromatic heterocycles. The number of piperidine rings is 1. The summed E-state index contributed by atoms with van der Waals surface area (Å²) in [5.74, 6) is 1.15. The Hall–Kier alpha value is -1.10. The molecule has 1 aromatic rings. The van der Waals surface area contributed by atoms with Crippen LogP contribution in [0.15, 0.2) is 4.52 Å². The first-order valence-electron chi connectivity index (χ1n) is 8.56. The van der Waals surface area contributed by atoms with Crippen molar-refractivity contribution in [3.63, 3.8) is 0 Å². The standard InChI is InChI=1S/C16H28N4O/c1-13(2)15-17-16(21-18-15)20-11-7-8-14(12-20)19-9-5-3-4-6-10-19/h13-14H,3-12H2,1-2H3. The monoisotopic (exact) mass is 292 g/mol. The van der Waals surface area contributed by atoms with E-state index in [2.05, 4.69) is 33.8 Å². The second-order valence-electron chi connectivity index (χ2n) is 6.78. The van der Waals surface area contributed by atoms with Crippen molar-refractivity contribution in [2.75, 3.05) is 31.1 Å². The van der Waals surface area contributed by atoms with E-state index in [4.69, 9.17) is 4.52 Å². The Morgan fingerprint density at radius 2 is 1.81 bits per heavy atom. The van der Waals surface area contributed by atoms with Crippen molar-refractivity contribution in [2.45, 2.75) is 64.3 Å². The zero-order valence-corrected chi connectivity index (χ0v) is 13.4. The average Bonchev–Trinajstić information content (AvgIpc) is 2.84. The molecule has 2 aliphatic rings. The van der Waals surface area contributed by atoms with Gasteiger partial charge in [-0.15, -0.1) is 0 Å². The summed E-state index contributed by atoms with van der Waals surface area (Å²) in [5, 5.41) is 4.10. The lowest BCUT2D eigenvalue weighted by Gasteiger charge is -2.38. The lowest BCUT2D eigenvalue weighted by atomic mass is 10.0. The van der Waals surface area contributed by atoms with E-state index < -0.39 is 0 Å². The fourth-order valence-corrected chi connectivity index (χ4v) is 3.48. The maximum absolute atomic E-state index is 5.47. The van der Waals surface area contributed by atoms with Crippen LogP contribution in [0.1, 0.15) is 64.1 Å². The normalized spacial score (nSPS) is 25.3. The molecule has 1 atom stereocenters. The Morgan fingerprint density at radius 1 is 1.05 bits per heavy atom. The molecule has 0 saturated carbocycles. The van der Waals surface area contributed by atoms with Crippen LogP contribution >= 0.6 is 0 Å². The van der Waals surface area contributed by atoms with Crippen molar-refractivity contribution in [1.29, 1.82) is 0 Å². The predicted octanol–water partition coefficient (Wildman–Crippen LogP) is 3.04. The Balaban J connectivity index is 1.64. The van der Waals surface area contributed by atoms with Crippen LogP contribution in [0.25, 0.3) is 0 Å². The van der Waals surface area contributed by atoms with Gasteiger partial charge in [-0.3, -0.25) is 4.90 Å².